The van der Waals surface area contributed by atoms with E-state index in [1.807, 2.05) is 5.32 Å². The number of aliphatic hydroxyl groups is 1. The summed E-state index contributed by atoms with van der Waals surface area (Å²) in [4.78, 5) is 22.6. The van der Waals surface area contributed by atoms with Crippen molar-refractivity contribution in [2.45, 2.75) is 12.3 Å². The highest BCUT2D eigenvalue weighted by Gasteiger charge is 2.38. The molecule has 1 aromatic heterocycles. The summed E-state index contributed by atoms with van der Waals surface area (Å²) >= 11 is 0. The minimum Gasteiger partial charge on any atom is -0.382 e. The number of aliphatic hydroxyl groups excluding tert-OH is 1. The number of carbonyl (C=O) groups is 1. The highest BCUT2D eigenvalue weighted by molar-refractivity contribution is 5.93. The SMILES string of the molecule is Cn1ccc(C(=O)NCC(O)C(F)(F)F)cc1=O. The van der Waals surface area contributed by atoms with Crippen molar-refractivity contribution in [3.8, 4) is 0 Å². The van der Waals surface area contributed by atoms with Crippen molar-refractivity contribution in [2.24, 2.45) is 7.05 Å². The number of nitrogens with zero attached hydrogens (tertiary/aromatic N) is 1. The van der Waals surface area contributed by atoms with Gasteiger partial charge in [0, 0.05) is 24.9 Å². The third-order valence-electron chi connectivity index (χ3n) is 2.20. The van der Waals surface area contributed by atoms with Gasteiger partial charge in [0.15, 0.2) is 6.10 Å². The molecule has 0 radical (unpaired) electrons. The van der Waals surface area contributed by atoms with E-state index in [4.69, 9.17) is 5.11 Å². The number of amides is 1. The van der Waals surface area contributed by atoms with Gasteiger partial charge in [0.2, 0.25) is 0 Å². The fourth-order valence-electron chi connectivity index (χ4n) is 1.10. The lowest BCUT2D eigenvalue weighted by Gasteiger charge is -2.14. The Balaban J connectivity index is 2.66. The topological polar surface area (TPSA) is 71.3 Å². The fourth-order valence-corrected chi connectivity index (χ4v) is 1.10. The number of aromatic nitrogens is 1. The monoisotopic (exact) mass is 264 g/mol. The summed E-state index contributed by atoms with van der Waals surface area (Å²) in [6.45, 7) is -0.961. The van der Waals surface area contributed by atoms with E-state index in [1.165, 1.54) is 23.9 Å². The van der Waals surface area contributed by atoms with E-state index in [0.29, 0.717) is 0 Å². The Labute approximate surface area is 99.8 Å². The molecule has 0 spiro atoms. The van der Waals surface area contributed by atoms with Crippen molar-refractivity contribution in [1.82, 2.24) is 9.88 Å². The Morgan fingerprint density at radius 1 is 1.56 bits per heavy atom. The van der Waals surface area contributed by atoms with Crippen LogP contribution in [0.1, 0.15) is 10.4 Å². The molecule has 0 aromatic carbocycles. The zero-order chi connectivity index (χ0) is 13.9. The van der Waals surface area contributed by atoms with Gasteiger partial charge in [0.25, 0.3) is 11.5 Å². The summed E-state index contributed by atoms with van der Waals surface area (Å²) in [6, 6.07) is 2.28. The summed E-state index contributed by atoms with van der Waals surface area (Å²) in [7, 11) is 1.47. The number of hydrogen-bond donors (Lipinski definition) is 2. The number of carbonyl (C=O) groups excluding carboxylic acids is 1. The Bertz CT molecular complexity index is 496. The lowest BCUT2D eigenvalue weighted by atomic mass is 10.2. The van der Waals surface area contributed by atoms with Gasteiger partial charge in [-0.1, -0.05) is 0 Å². The molecule has 0 aliphatic carbocycles. The lowest BCUT2D eigenvalue weighted by molar-refractivity contribution is -0.201. The second-order valence-electron chi connectivity index (χ2n) is 3.63. The smallest absolute Gasteiger partial charge is 0.382 e. The van der Waals surface area contributed by atoms with Crippen LogP contribution < -0.4 is 10.9 Å². The molecule has 1 heterocycles. The van der Waals surface area contributed by atoms with Gasteiger partial charge < -0.3 is 15.0 Å². The number of rotatable bonds is 3. The first-order valence-corrected chi connectivity index (χ1v) is 4.91. The van der Waals surface area contributed by atoms with E-state index in [2.05, 4.69) is 0 Å². The molecule has 1 unspecified atom stereocenters. The minimum absolute atomic E-state index is 0.0625. The quantitative estimate of drug-likeness (QED) is 0.809. The number of pyridine rings is 1. The van der Waals surface area contributed by atoms with Crippen LogP contribution in [0.5, 0.6) is 0 Å². The van der Waals surface area contributed by atoms with E-state index < -0.39 is 30.3 Å². The van der Waals surface area contributed by atoms with Crippen LogP contribution in [0.4, 0.5) is 13.2 Å². The predicted molar refractivity (Wildman–Crippen MR) is 56.1 cm³/mol. The number of hydrogen-bond acceptors (Lipinski definition) is 3. The fraction of sp³-hybridized carbons (Fsp3) is 0.400. The molecular formula is C10H11F3N2O3. The van der Waals surface area contributed by atoms with Crippen LogP contribution >= 0.6 is 0 Å². The molecule has 0 aliphatic heterocycles. The van der Waals surface area contributed by atoms with Crippen LogP contribution in [-0.2, 0) is 7.05 Å². The highest BCUT2D eigenvalue weighted by Crippen LogP contribution is 2.19. The Hall–Kier alpha value is -1.83. The number of alkyl halides is 3. The van der Waals surface area contributed by atoms with E-state index in [-0.39, 0.29) is 5.56 Å². The highest BCUT2D eigenvalue weighted by atomic mass is 19.4. The molecule has 8 heteroatoms. The second-order valence-corrected chi connectivity index (χ2v) is 3.63. The van der Waals surface area contributed by atoms with Crippen molar-refractivity contribution in [3.05, 3.63) is 34.2 Å². The summed E-state index contributed by atoms with van der Waals surface area (Å²) in [6.07, 6.45) is -6.11. The van der Waals surface area contributed by atoms with Gasteiger partial charge in [0.05, 0.1) is 6.54 Å². The van der Waals surface area contributed by atoms with Crippen LogP contribution in [0.25, 0.3) is 0 Å². The summed E-state index contributed by atoms with van der Waals surface area (Å²) in [5.41, 5.74) is -0.522. The van der Waals surface area contributed by atoms with Gasteiger partial charge >= 0.3 is 6.18 Å². The zero-order valence-electron chi connectivity index (χ0n) is 9.36. The maximum absolute atomic E-state index is 12.0. The van der Waals surface area contributed by atoms with Crippen LogP contribution in [0, 0.1) is 0 Å². The van der Waals surface area contributed by atoms with Crippen molar-refractivity contribution >= 4 is 5.91 Å². The molecule has 1 aromatic rings. The molecule has 1 rings (SSSR count). The number of nitrogens with one attached hydrogen (secondary N) is 1. The summed E-state index contributed by atoms with van der Waals surface area (Å²) in [5.74, 6) is -0.851. The van der Waals surface area contributed by atoms with E-state index in [0.717, 1.165) is 6.07 Å². The zero-order valence-corrected chi connectivity index (χ0v) is 9.36. The normalized spacial score (nSPS) is 13.2. The largest absolute Gasteiger partial charge is 0.416 e. The van der Waals surface area contributed by atoms with Crippen molar-refractivity contribution < 1.29 is 23.1 Å². The first kappa shape index (κ1) is 14.2. The molecule has 0 saturated heterocycles. The average molecular weight is 264 g/mol. The molecule has 0 bridgehead atoms. The van der Waals surface area contributed by atoms with Gasteiger partial charge in [-0.05, 0) is 6.07 Å². The Kier molecular flexibility index (Phi) is 4.12. The predicted octanol–water partition coefficient (Wildman–Crippen LogP) is 0.0383. The Morgan fingerprint density at radius 2 is 2.17 bits per heavy atom. The molecule has 5 nitrogen and oxygen atoms in total. The van der Waals surface area contributed by atoms with Gasteiger partial charge in [-0.3, -0.25) is 9.59 Å². The van der Waals surface area contributed by atoms with Crippen LogP contribution in [0.15, 0.2) is 23.1 Å². The molecule has 0 fully saturated rings. The van der Waals surface area contributed by atoms with Crippen molar-refractivity contribution in [3.63, 3.8) is 0 Å². The molecule has 0 saturated carbocycles. The number of halogens is 3. The first-order valence-electron chi connectivity index (χ1n) is 4.91. The number of aryl methyl sites for hydroxylation is 1. The van der Waals surface area contributed by atoms with Crippen molar-refractivity contribution in [2.75, 3.05) is 6.54 Å². The second kappa shape index (κ2) is 5.21. The van der Waals surface area contributed by atoms with E-state index >= 15 is 0 Å². The van der Waals surface area contributed by atoms with Crippen LogP contribution in [-0.4, -0.2) is 34.4 Å². The molecule has 18 heavy (non-hydrogen) atoms. The summed E-state index contributed by atoms with van der Waals surface area (Å²) < 4.78 is 37.1. The van der Waals surface area contributed by atoms with E-state index in [9.17, 15) is 22.8 Å². The van der Waals surface area contributed by atoms with Gasteiger partial charge in [-0.25, -0.2) is 0 Å². The maximum Gasteiger partial charge on any atom is 0.416 e. The van der Waals surface area contributed by atoms with Crippen LogP contribution in [0.2, 0.25) is 0 Å². The molecular weight excluding hydrogens is 253 g/mol. The molecule has 2 N–H and O–H groups in total. The molecule has 100 valence electrons. The van der Waals surface area contributed by atoms with Crippen molar-refractivity contribution in [1.29, 1.82) is 0 Å². The Morgan fingerprint density at radius 3 is 2.67 bits per heavy atom. The first-order chi connectivity index (χ1) is 8.21. The summed E-state index contributed by atoms with van der Waals surface area (Å²) in [5, 5.41) is 10.6. The van der Waals surface area contributed by atoms with E-state index in [1.54, 1.807) is 0 Å². The maximum atomic E-state index is 12.0. The third-order valence-corrected chi connectivity index (χ3v) is 2.20. The molecule has 1 atom stereocenters. The van der Waals surface area contributed by atoms with Gasteiger partial charge in [-0.2, -0.15) is 13.2 Å². The third kappa shape index (κ3) is 3.59. The van der Waals surface area contributed by atoms with Gasteiger partial charge in [0.1, 0.15) is 0 Å². The standard InChI is InChI=1S/C10H11F3N2O3/c1-15-3-2-6(4-8(15)17)9(18)14-5-7(16)10(11,12)13/h2-4,7,16H,5H2,1H3,(H,14,18). The average Bonchev–Trinajstić information content (AvgIpc) is 2.27. The molecule has 1 amide bonds. The minimum atomic E-state index is -4.79. The van der Waals surface area contributed by atoms with Gasteiger partial charge in [-0.15, -0.1) is 0 Å². The van der Waals surface area contributed by atoms with Crippen LogP contribution in [0.3, 0.4) is 0 Å². The molecule has 0 aliphatic rings. The lowest BCUT2D eigenvalue weighted by Crippen LogP contribution is -2.40.